The molecule has 1 aliphatic heterocycles. The minimum Gasteiger partial charge on any atom is -0.355 e. The van der Waals surface area contributed by atoms with Gasteiger partial charge < -0.3 is 15.1 Å². The number of halogens is 1. The number of rotatable bonds is 5. The molecule has 1 aliphatic rings. The second kappa shape index (κ2) is 7.24. The lowest BCUT2D eigenvalue weighted by atomic mass is 10.1. The Labute approximate surface area is 139 Å². The monoisotopic (exact) mass is 367 g/mol. The zero-order valence-electron chi connectivity index (χ0n) is 13.2. The van der Waals surface area contributed by atoms with Crippen molar-refractivity contribution in [3.63, 3.8) is 0 Å². The number of nitrogens with one attached hydrogen (secondary N) is 1. The maximum atomic E-state index is 12.2. The van der Waals surface area contributed by atoms with E-state index in [2.05, 4.69) is 21.2 Å². The molecule has 5 nitrogen and oxygen atoms in total. The van der Waals surface area contributed by atoms with E-state index in [1.165, 1.54) is 0 Å². The van der Waals surface area contributed by atoms with Crippen LogP contribution in [0, 0.1) is 12.8 Å². The molecule has 0 radical (unpaired) electrons. The molecule has 1 atom stereocenters. The molecule has 0 bridgehead atoms. The zero-order chi connectivity index (χ0) is 16.3. The van der Waals surface area contributed by atoms with Gasteiger partial charge in [-0.05, 0) is 38.7 Å². The van der Waals surface area contributed by atoms with Gasteiger partial charge in [-0.2, -0.15) is 0 Å². The number of carbonyl (C=O) groups is 2. The lowest BCUT2D eigenvalue weighted by molar-refractivity contribution is -0.126. The number of amides is 2. The second-order valence-electron chi connectivity index (χ2n) is 5.93. The van der Waals surface area contributed by atoms with Crippen LogP contribution in [0.2, 0.25) is 0 Å². The molecular formula is C16H22BrN3O2. The van der Waals surface area contributed by atoms with Gasteiger partial charge in [-0.15, -0.1) is 0 Å². The van der Waals surface area contributed by atoms with E-state index in [0.717, 1.165) is 22.3 Å². The molecule has 1 heterocycles. The van der Waals surface area contributed by atoms with Gasteiger partial charge in [0.25, 0.3) is 0 Å². The highest BCUT2D eigenvalue weighted by Gasteiger charge is 2.35. The molecule has 0 aliphatic carbocycles. The van der Waals surface area contributed by atoms with Crippen LogP contribution in [0.3, 0.4) is 0 Å². The largest absolute Gasteiger partial charge is 0.355 e. The summed E-state index contributed by atoms with van der Waals surface area (Å²) in [4.78, 5) is 28.0. The minimum absolute atomic E-state index is 0.00325. The zero-order valence-corrected chi connectivity index (χ0v) is 14.8. The number of anilines is 1. The quantitative estimate of drug-likeness (QED) is 0.862. The van der Waals surface area contributed by atoms with Crippen LogP contribution in [0.25, 0.3) is 0 Å². The van der Waals surface area contributed by atoms with Gasteiger partial charge in [0.1, 0.15) is 0 Å². The number of aryl methyl sites for hydroxylation is 1. The Balaban J connectivity index is 1.98. The Morgan fingerprint density at radius 1 is 1.45 bits per heavy atom. The van der Waals surface area contributed by atoms with Gasteiger partial charge in [0, 0.05) is 36.2 Å². The molecule has 1 aromatic rings. The van der Waals surface area contributed by atoms with E-state index in [-0.39, 0.29) is 24.2 Å². The van der Waals surface area contributed by atoms with Crippen LogP contribution < -0.4 is 10.2 Å². The van der Waals surface area contributed by atoms with Crippen molar-refractivity contribution in [2.24, 2.45) is 5.92 Å². The molecular weight excluding hydrogens is 346 g/mol. The normalized spacial score (nSPS) is 18.1. The Morgan fingerprint density at radius 2 is 2.18 bits per heavy atom. The van der Waals surface area contributed by atoms with E-state index in [9.17, 15) is 9.59 Å². The lowest BCUT2D eigenvalue weighted by Gasteiger charge is -2.18. The third kappa shape index (κ3) is 4.08. The van der Waals surface area contributed by atoms with Crippen LogP contribution in [0.1, 0.15) is 12.0 Å². The maximum absolute atomic E-state index is 12.2. The number of nitrogens with zero attached hydrogens (tertiary/aromatic N) is 2. The molecule has 0 saturated carbocycles. The number of benzene rings is 1. The molecule has 0 aromatic heterocycles. The lowest BCUT2D eigenvalue weighted by Crippen LogP contribution is -2.36. The van der Waals surface area contributed by atoms with E-state index in [0.29, 0.717) is 13.1 Å². The highest BCUT2D eigenvalue weighted by molar-refractivity contribution is 9.10. The summed E-state index contributed by atoms with van der Waals surface area (Å²) in [7, 11) is 3.92. The van der Waals surface area contributed by atoms with Crippen LogP contribution in [0.4, 0.5) is 5.69 Å². The van der Waals surface area contributed by atoms with Gasteiger partial charge >= 0.3 is 0 Å². The van der Waals surface area contributed by atoms with Gasteiger partial charge in [0.15, 0.2) is 0 Å². The van der Waals surface area contributed by atoms with Gasteiger partial charge in [0.05, 0.1) is 5.92 Å². The first-order chi connectivity index (χ1) is 10.4. The SMILES string of the molecule is Cc1ccc(N2CC(C(=O)NCCN(C)C)CC2=O)cc1Br. The summed E-state index contributed by atoms with van der Waals surface area (Å²) in [6.07, 6.45) is 0.277. The van der Waals surface area contributed by atoms with Crippen molar-refractivity contribution in [3.05, 3.63) is 28.2 Å². The molecule has 2 amide bonds. The van der Waals surface area contributed by atoms with Gasteiger partial charge in [-0.25, -0.2) is 0 Å². The van der Waals surface area contributed by atoms with Crippen LogP contribution in [-0.4, -0.2) is 50.4 Å². The number of hydrogen-bond donors (Lipinski definition) is 1. The molecule has 6 heteroatoms. The molecule has 1 saturated heterocycles. The average Bonchev–Trinajstić information content (AvgIpc) is 2.83. The van der Waals surface area contributed by atoms with Crippen molar-refractivity contribution >= 4 is 33.4 Å². The molecule has 0 spiro atoms. The fourth-order valence-corrected chi connectivity index (χ4v) is 2.80. The summed E-state index contributed by atoms with van der Waals surface area (Å²) in [5.74, 6) is -0.304. The smallest absolute Gasteiger partial charge is 0.227 e. The fraction of sp³-hybridized carbons (Fsp3) is 0.500. The van der Waals surface area contributed by atoms with E-state index in [4.69, 9.17) is 0 Å². The molecule has 22 heavy (non-hydrogen) atoms. The van der Waals surface area contributed by atoms with Gasteiger partial charge in [-0.1, -0.05) is 22.0 Å². The van der Waals surface area contributed by atoms with Crippen molar-refractivity contribution in [3.8, 4) is 0 Å². The summed E-state index contributed by atoms with van der Waals surface area (Å²) >= 11 is 3.48. The van der Waals surface area contributed by atoms with Gasteiger partial charge in [-0.3, -0.25) is 9.59 Å². The summed E-state index contributed by atoms with van der Waals surface area (Å²) in [6.45, 7) is 3.84. The topological polar surface area (TPSA) is 52.7 Å². The van der Waals surface area contributed by atoms with Crippen molar-refractivity contribution in [2.45, 2.75) is 13.3 Å². The van der Waals surface area contributed by atoms with Crippen LogP contribution in [0.5, 0.6) is 0 Å². The Hall–Kier alpha value is -1.40. The minimum atomic E-state index is -0.269. The first-order valence-corrected chi connectivity index (χ1v) is 8.16. The van der Waals surface area contributed by atoms with E-state index < -0.39 is 0 Å². The van der Waals surface area contributed by atoms with Crippen LogP contribution >= 0.6 is 15.9 Å². The number of hydrogen-bond acceptors (Lipinski definition) is 3. The molecule has 1 unspecified atom stereocenters. The molecule has 1 fully saturated rings. The van der Waals surface area contributed by atoms with Crippen LogP contribution in [-0.2, 0) is 9.59 Å². The van der Waals surface area contributed by atoms with E-state index >= 15 is 0 Å². The van der Waals surface area contributed by atoms with Crippen molar-refractivity contribution in [1.82, 2.24) is 10.2 Å². The predicted octanol–water partition coefficient (Wildman–Crippen LogP) is 1.79. The predicted molar refractivity (Wildman–Crippen MR) is 90.9 cm³/mol. The highest BCUT2D eigenvalue weighted by atomic mass is 79.9. The molecule has 2 rings (SSSR count). The summed E-state index contributed by atoms with van der Waals surface area (Å²) in [5, 5.41) is 2.90. The van der Waals surface area contributed by atoms with Crippen LogP contribution in [0.15, 0.2) is 22.7 Å². The Kier molecular flexibility index (Phi) is 5.58. The standard InChI is InChI=1S/C16H22BrN3O2/c1-11-4-5-13(9-14(11)17)20-10-12(8-15(20)21)16(22)18-6-7-19(2)3/h4-5,9,12H,6-8,10H2,1-3H3,(H,18,22). The first kappa shape index (κ1) is 17.0. The summed E-state index contributed by atoms with van der Waals surface area (Å²) < 4.78 is 0.969. The fourth-order valence-electron chi connectivity index (χ4n) is 2.43. The van der Waals surface area contributed by atoms with Gasteiger partial charge in [0.2, 0.25) is 11.8 Å². The third-order valence-corrected chi connectivity index (χ3v) is 4.68. The number of likely N-dealkylation sites (N-methyl/N-ethyl adjacent to an activating group) is 1. The summed E-state index contributed by atoms with van der Waals surface area (Å²) in [6, 6.07) is 5.82. The average molecular weight is 368 g/mol. The molecule has 1 N–H and O–H groups in total. The highest BCUT2D eigenvalue weighted by Crippen LogP contribution is 2.29. The third-order valence-electron chi connectivity index (χ3n) is 3.82. The van der Waals surface area contributed by atoms with E-state index in [1.54, 1.807) is 4.90 Å². The number of carbonyl (C=O) groups excluding carboxylic acids is 2. The van der Waals surface area contributed by atoms with Crippen molar-refractivity contribution < 1.29 is 9.59 Å². The molecule has 120 valence electrons. The second-order valence-corrected chi connectivity index (χ2v) is 6.79. The maximum Gasteiger partial charge on any atom is 0.227 e. The Morgan fingerprint density at radius 3 is 2.82 bits per heavy atom. The van der Waals surface area contributed by atoms with E-state index in [1.807, 2.05) is 44.1 Å². The van der Waals surface area contributed by atoms with Crippen molar-refractivity contribution in [1.29, 1.82) is 0 Å². The molecule has 1 aromatic carbocycles. The van der Waals surface area contributed by atoms with Crippen molar-refractivity contribution in [2.75, 3.05) is 38.6 Å². The Bertz CT molecular complexity index is 575. The first-order valence-electron chi connectivity index (χ1n) is 7.37. The summed E-state index contributed by atoms with van der Waals surface area (Å²) in [5.41, 5.74) is 1.96.